The minimum absolute atomic E-state index is 0.0533. The number of amides is 1. The minimum Gasteiger partial charge on any atom is -0.461 e. The van der Waals surface area contributed by atoms with Gasteiger partial charge in [-0.05, 0) is 38.8 Å². The van der Waals surface area contributed by atoms with Gasteiger partial charge in [0, 0.05) is 17.6 Å². The maximum Gasteiger partial charge on any atom is 0.358 e. The van der Waals surface area contributed by atoms with E-state index in [4.69, 9.17) is 14.2 Å². The van der Waals surface area contributed by atoms with Gasteiger partial charge < -0.3 is 14.2 Å². The van der Waals surface area contributed by atoms with Gasteiger partial charge in [0.2, 0.25) is 5.91 Å². The lowest BCUT2D eigenvalue weighted by atomic mass is 10.0. The number of hydrogen-bond donors (Lipinski definition) is 0. The minimum atomic E-state index is -0.933. The highest BCUT2D eigenvalue weighted by atomic mass is 16.7. The zero-order valence-electron chi connectivity index (χ0n) is 15.5. The second-order valence-corrected chi connectivity index (χ2v) is 6.26. The number of carbonyl (C=O) groups is 3. The van der Waals surface area contributed by atoms with Gasteiger partial charge in [0.25, 0.3) is 6.29 Å². The highest BCUT2D eigenvalue weighted by Crippen LogP contribution is 2.32. The van der Waals surface area contributed by atoms with Crippen molar-refractivity contribution in [1.29, 1.82) is 0 Å². The van der Waals surface area contributed by atoms with E-state index in [0.29, 0.717) is 23.3 Å². The van der Waals surface area contributed by atoms with Crippen molar-refractivity contribution in [2.24, 2.45) is 0 Å². The number of benzene rings is 1. The van der Waals surface area contributed by atoms with Gasteiger partial charge in [0.05, 0.1) is 12.3 Å². The molecule has 0 N–H and O–H groups in total. The van der Waals surface area contributed by atoms with E-state index in [1.165, 1.54) is 4.90 Å². The number of hydrogen-bond acceptors (Lipinski definition) is 6. The lowest BCUT2D eigenvalue weighted by Crippen LogP contribution is -2.38. The van der Waals surface area contributed by atoms with Crippen LogP contribution in [0.4, 0.5) is 5.69 Å². The molecule has 1 atom stereocenters. The molecule has 1 unspecified atom stereocenters. The van der Waals surface area contributed by atoms with Crippen LogP contribution in [0.1, 0.15) is 32.8 Å². The number of para-hydroxylation sites is 1. The van der Waals surface area contributed by atoms with E-state index in [2.05, 4.69) is 0 Å². The number of cyclic esters (lactones) is 1. The van der Waals surface area contributed by atoms with Crippen LogP contribution in [0.25, 0.3) is 0 Å². The predicted molar refractivity (Wildman–Crippen MR) is 96.3 cm³/mol. The van der Waals surface area contributed by atoms with Gasteiger partial charge in [-0.25, -0.2) is 9.59 Å². The molecule has 142 valence electrons. The van der Waals surface area contributed by atoms with Crippen molar-refractivity contribution >= 4 is 23.5 Å². The zero-order chi connectivity index (χ0) is 19.6. The Morgan fingerprint density at radius 3 is 2.67 bits per heavy atom. The van der Waals surface area contributed by atoms with E-state index in [-0.39, 0.29) is 24.6 Å². The number of fused-ring (bicyclic) bond motifs is 1. The lowest BCUT2D eigenvalue weighted by molar-refractivity contribution is -0.153. The fourth-order valence-corrected chi connectivity index (χ4v) is 2.96. The summed E-state index contributed by atoms with van der Waals surface area (Å²) in [6, 6.07) is 7.35. The van der Waals surface area contributed by atoms with Crippen LogP contribution in [-0.4, -0.2) is 30.7 Å². The molecule has 2 aliphatic rings. The zero-order valence-corrected chi connectivity index (χ0v) is 15.5. The van der Waals surface area contributed by atoms with Crippen molar-refractivity contribution in [3.05, 3.63) is 52.9 Å². The smallest absolute Gasteiger partial charge is 0.358 e. The van der Waals surface area contributed by atoms with Crippen molar-refractivity contribution in [1.82, 2.24) is 0 Å². The molecule has 0 saturated heterocycles. The summed E-state index contributed by atoms with van der Waals surface area (Å²) in [5.74, 6) is -1.39. The summed E-state index contributed by atoms with van der Waals surface area (Å²) < 4.78 is 15.8. The molecular weight excluding hydrogens is 350 g/mol. The molecule has 0 spiro atoms. The van der Waals surface area contributed by atoms with Crippen molar-refractivity contribution in [3.63, 3.8) is 0 Å². The highest BCUT2D eigenvalue weighted by Gasteiger charge is 2.33. The monoisotopic (exact) mass is 371 g/mol. The standard InChI is InChI=1S/C20H21NO6/c1-4-25-19(24)16(11-26-20-13(3)12(2)18(23)27-20)21-15-8-6-5-7-14(15)9-10-17(21)22/h5-8,11,20H,4,9-10H2,1-3H3/b16-11-. The Labute approximate surface area is 157 Å². The predicted octanol–water partition coefficient (Wildman–Crippen LogP) is 2.61. The third-order valence-electron chi connectivity index (χ3n) is 4.58. The first-order chi connectivity index (χ1) is 12.9. The van der Waals surface area contributed by atoms with Gasteiger partial charge in [-0.1, -0.05) is 18.2 Å². The van der Waals surface area contributed by atoms with E-state index in [9.17, 15) is 14.4 Å². The summed E-state index contributed by atoms with van der Waals surface area (Å²) in [6.45, 7) is 5.18. The number of ether oxygens (including phenoxy) is 3. The summed E-state index contributed by atoms with van der Waals surface area (Å²) in [6.07, 6.45) is 1.07. The Balaban J connectivity index is 1.96. The van der Waals surface area contributed by atoms with Crippen LogP contribution in [-0.2, 0) is 35.0 Å². The first-order valence-electron chi connectivity index (χ1n) is 8.76. The Kier molecular flexibility index (Phi) is 5.30. The largest absolute Gasteiger partial charge is 0.461 e. The second kappa shape index (κ2) is 7.65. The Morgan fingerprint density at radius 1 is 1.26 bits per heavy atom. The van der Waals surface area contributed by atoms with Gasteiger partial charge in [0.15, 0.2) is 5.70 Å². The van der Waals surface area contributed by atoms with Gasteiger partial charge in [-0.2, -0.15) is 0 Å². The summed E-state index contributed by atoms with van der Waals surface area (Å²) in [5, 5.41) is 0. The molecule has 1 amide bonds. The molecule has 0 fully saturated rings. The van der Waals surface area contributed by atoms with Crippen LogP contribution in [0.5, 0.6) is 0 Å². The number of aryl methyl sites for hydroxylation is 1. The summed E-state index contributed by atoms with van der Waals surface area (Å²) in [7, 11) is 0. The molecule has 0 saturated carbocycles. The van der Waals surface area contributed by atoms with E-state index >= 15 is 0 Å². The molecule has 0 radical (unpaired) electrons. The SMILES string of the molecule is CCOC(=O)/C(=C/OC1OC(=O)C(C)=C1C)N1C(=O)CCc2ccccc21. The third kappa shape index (κ3) is 3.58. The number of nitrogens with zero attached hydrogens (tertiary/aromatic N) is 1. The Morgan fingerprint density at radius 2 is 2.00 bits per heavy atom. The molecule has 7 nitrogen and oxygen atoms in total. The van der Waals surface area contributed by atoms with Crippen molar-refractivity contribution < 1.29 is 28.6 Å². The fourth-order valence-electron chi connectivity index (χ4n) is 2.96. The van der Waals surface area contributed by atoms with Crippen molar-refractivity contribution in [2.75, 3.05) is 11.5 Å². The van der Waals surface area contributed by atoms with Crippen LogP contribution < -0.4 is 4.90 Å². The summed E-state index contributed by atoms with van der Waals surface area (Å²) in [4.78, 5) is 38.1. The summed E-state index contributed by atoms with van der Waals surface area (Å²) >= 11 is 0. The first-order valence-corrected chi connectivity index (χ1v) is 8.76. The van der Waals surface area contributed by atoms with Gasteiger partial charge in [-0.3, -0.25) is 9.69 Å². The molecule has 0 aromatic heterocycles. The maximum atomic E-state index is 12.6. The maximum absolute atomic E-state index is 12.6. The Hall–Kier alpha value is -3.09. The van der Waals surface area contributed by atoms with E-state index in [1.54, 1.807) is 32.9 Å². The van der Waals surface area contributed by atoms with E-state index in [1.807, 2.05) is 12.1 Å². The molecule has 1 aromatic carbocycles. The Bertz CT molecular complexity index is 854. The van der Waals surface area contributed by atoms with Crippen LogP contribution in [0.3, 0.4) is 0 Å². The van der Waals surface area contributed by atoms with E-state index < -0.39 is 18.2 Å². The number of carbonyl (C=O) groups excluding carboxylic acids is 3. The molecule has 0 aliphatic carbocycles. The number of anilines is 1. The molecule has 1 aromatic rings. The van der Waals surface area contributed by atoms with Crippen molar-refractivity contribution in [2.45, 2.75) is 39.9 Å². The second-order valence-electron chi connectivity index (χ2n) is 6.26. The van der Waals surface area contributed by atoms with Crippen LogP contribution in [0.15, 0.2) is 47.4 Å². The van der Waals surface area contributed by atoms with Crippen LogP contribution in [0.2, 0.25) is 0 Å². The quantitative estimate of drug-likeness (QED) is 0.450. The molecule has 0 bridgehead atoms. The molecule has 2 aliphatic heterocycles. The van der Waals surface area contributed by atoms with Gasteiger partial charge >= 0.3 is 11.9 Å². The highest BCUT2D eigenvalue weighted by molar-refractivity contribution is 6.08. The first kappa shape index (κ1) is 18.7. The van der Waals surface area contributed by atoms with E-state index in [0.717, 1.165) is 11.8 Å². The molecular formula is C20H21NO6. The topological polar surface area (TPSA) is 82.1 Å². The van der Waals surface area contributed by atoms with Gasteiger partial charge in [-0.15, -0.1) is 0 Å². The molecule has 27 heavy (non-hydrogen) atoms. The van der Waals surface area contributed by atoms with Crippen molar-refractivity contribution in [3.8, 4) is 0 Å². The summed E-state index contributed by atoms with van der Waals surface area (Å²) in [5.41, 5.74) is 2.59. The van der Waals surface area contributed by atoms with Crippen LogP contribution >= 0.6 is 0 Å². The fraction of sp³-hybridized carbons (Fsp3) is 0.350. The lowest BCUT2D eigenvalue weighted by Gasteiger charge is -2.30. The average Bonchev–Trinajstić information content (AvgIpc) is 2.90. The van der Waals surface area contributed by atoms with Crippen LogP contribution in [0, 0.1) is 0 Å². The normalized spacial score (nSPS) is 19.7. The molecule has 7 heteroatoms. The molecule has 2 heterocycles. The number of rotatable bonds is 5. The number of esters is 2. The average molecular weight is 371 g/mol. The molecule has 3 rings (SSSR count). The third-order valence-corrected chi connectivity index (χ3v) is 4.58. The van der Waals surface area contributed by atoms with Gasteiger partial charge in [0.1, 0.15) is 6.26 Å².